The van der Waals surface area contributed by atoms with Gasteiger partial charge >= 0.3 is 6.09 Å². The van der Waals surface area contributed by atoms with E-state index in [4.69, 9.17) is 44.3 Å². The van der Waals surface area contributed by atoms with Crippen LogP contribution in [0, 0.1) is 17.2 Å². The number of halogens is 3. The maximum atomic E-state index is 13.7. The van der Waals surface area contributed by atoms with Gasteiger partial charge in [-0.3, -0.25) is 4.79 Å². The van der Waals surface area contributed by atoms with Gasteiger partial charge in [0.25, 0.3) is 0 Å². The van der Waals surface area contributed by atoms with Gasteiger partial charge in [-0.25, -0.2) is 13.2 Å². The summed E-state index contributed by atoms with van der Waals surface area (Å²) in [4.78, 5) is 27.2. The Morgan fingerprint density at radius 2 is 1.73 bits per heavy atom. The van der Waals surface area contributed by atoms with Gasteiger partial charge in [-0.15, -0.1) is 0 Å². The van der Waals surface area contributed by atoms with Crippen molar-refractivity contribution in [3.63, 3.8) is 0 Å². The third-order valence-electron chi connectivity index (χ3n) is 7.53. The van der Waals surface area contributed by atoms with Crippen molar-refractivity contribution in [3.8, 4) is 6.07 Å². The van der Waals surface area contributed by atoms with Crippen molar-refractivity contribution in [3.05, 3.63) is 63.1 Å². The molecule has 220 valence electrons. The molecule has 2 aliphatic rings. The van der Waals surface area contributed by atoms with E-state index in [2.05, 4.69) is 11.4 Å². The monoisotopic (exact) mass is 641 g/mol. The Bertz CT molecular complexity index is 1420. The molecule has 1 saturated heterocycles. The van der Waals surface area contributed by atoms with Gasteiger partial charge < -0.3 is 19.7 Å². The largest absolute Gasteiger partial charge is 0.450 e. The summed E-state index contributed by atoms with van der Waals surface area (Å²) in [6.07, 6.45) is -0.756. The van der Waals surface area contributed by atoms with E-state index in [0.717, 1.165) is 5.56 Å². The van der Waals surface area contributed by atoms with Gasteiger partial charge in [0, 0.05) is 36.0 Å². The van der Waals surface area contributed by atoms with Crippen molar-refractivity contribution < 1.29 is 27.5 Å². The van der Waals surface area contributed by atoms with Gasteiger partial charge in [0.15, 0.2) is 9.84 Å². The molecule has 13 heteroatoms. The Labute approximate surface area is 254 Å². The van der Waals surface area contributed by atoms with E-state index in [1.54, 1.807) is 31.2 Å². The molecule has 1 heterocycles. The molecule has 0 spiro atoms. The third kappa shape index (κ3) is 7.27. The summed E-state index contributed by atoms with van der Waals surface area (Å²) < 4.78 is 38.4. The summed E-state index contributed by atoms with van der Waals surface area (Å²) in [5.74, 6) is -1.32. The van der Waals surface area contributed by atoms with Crippen molar-refractivity contribution in [2.45, 2.75) is 61.0 Å². The van der Waals surface area contributed by atoms with E-state index in [9.17, 15) is 23.3 Å². The highest BCUT2D eigenvalue weighted by molar-refractivity contribution is 7.92. The second-order valence-electron chi connectivity index (χ2n) is 10.2. The molecule has 0 unspecified atom stereocenters. The van der Waals surface area contributed by atoms with Gasteiger partial charge in [0.1, 0.15) is 5.54 Å². The van der Waals surface area contributed by atoms with Crippen LogP contribution >= 0.6 is 34.8 Å². The molecule has 0 bridgehead atoms. The van der Waals surface area contributed by atoms with E-state index in [-0.39, 0.29) is 61.9 Å². The van der Waals surface area contributed by atoms with Crippen molar-refractivity contribution in [1.29, 1.82) is 5.26 Å². The lowest BCUT2D eigenvalue weighted by atomic mass is 9.88. The maximum absolute atomic E-state index is 13.7. The molecule has 2 fully saturated rings. The second kappa shape index (κ2) is 13.2. The van der Waals surface area contributed by atoms with Crippen LogP contribution in [0.15, 0.2) is 47.4 Å². The third-order valence-corrected chi connectivity index (χ3v) is 10.7. The lowest BCUT2D eigenvalue weighted by Gasteiger charge is -2.38. The molecule has 2 aromatic carbocycles. The molecule has 3 atom stereocenters. The van der Waals surface area contributed by atoms with Crippen LogP contribution < -0.4 is 5.32 Å². The molecule has 2 aromatic rings. The number of carbonyl (C=O) groups is 2. The standard InChI is InChI=1S/C28H30Cl3N3O6S/c1-2-39-27(36)34-11-9-28(17-32,10-12-34)33-26(35)22-14-21(41(37,38)25-8-7-20(30)13-23(25)31)15-24(22)40-16-18-3-5-19(29)6-4-18/h3-8,13,21-22,24H,2,9-12,14-16H2,1H3,(H,33,35)/t21-,22-,24+/m0/s1. The van der Waals surface area contributed by atoms with Crippen LogP contribution in [0.25, 0.3) is 0 Å². The van der Waals surface area contributed by atoms with Crippen LogP contribution in [0.3, 0.4) is 0 Å². The Morgan fingerprint density at radius 3 is 2.34 bits per heavy atom. The number of benzene rings is 2. The number of rotatable bonds is 8. The Morgan fingerprint density at radius 1 is 1.07 bits per heavy atom. The number of nitrogens with one attached hydrogen (secondary N) is 1. The van der Waals surface area contributed by atoms with Crippen LogP contribution in [0.4, 0.5) is 4.79 Å². The minimum Gasteiger partial charge on any atom is -0.450 e. The Kier molecular flexibility index (Phi) is 10.1. The maximum Gasteiger partial charge on any atom is 0.409 e. The minimum atomic E-state index is -3.94. The molecule has 9 nitrogen and oxygen atoms in total. The van der Waals surface area contributed by atoms with Gasteiger partial charge in [0.05, 0.1) is 46.5 Å². The summed E-state index contributed by atoms with van der Waals surface area (Å²) >= 11 is 18.2. The molecule has 1 saturated carbocycles. The van der Waals surface area contributed by atoms with E-state index >= 15 is 0 Å². The number of likely N-dealkylation sites (tertiary alicyclic amines) is 1. The highest BCUT2D eigenvalue weighted by Gasteiger charge is 2.48. The molecule has 2 amide bonds. The Hall–Kier alpha value is -2.55. The van der Waals surface area contributed by atoms with Gasteiger partial charge in [-0.05, 0) is 55.7 Å². The molecule has 1 aliphatic carbocycles. The number of carbonyl (C=O) groups excluding carboxylic acids is 2. The normalized spacial score (nSPS) is 22.1. The number of nitriles is 1. The van der Waals surface area contributed by atoms with Gasteiger partial charge in [-0.1, -0.05) is 46.9 Å². The molecule has 0 radical (unpaired) electrons. The summed E-state index contributed by atoms with van der Waals surface area (Å²) in [5.41, 5.74) is -0.405. The smallest absolute Gasteiger partial charge is 0.409 e. The quantitative estimate of drug-likeness (QED) is 0.408. The summed E-state index contributed by atoms with van der Waals surface area (Å²) in [7, 11) is -3.94. The predicted octanol–water partition coefficient (Wildman–Crippen LogP) is 5.42. The fourth-order valence-corrected chi connectivity index (χ4v) is 7.92. The number of amides is 2. The first-order valence-corrected chi connectivity index (χ1v) is 15.9. The molecule has 1 aliphatic heterocycles. The molecule has 0 aromatic heterocycles. The van der Waals surface area contributed by atoms with Crippen LogP contribution in [0.1, 0.15) is 38.2 Å². The summed E-state index contributed by atoms with van der Waals surface area (Å²) in [6.45, 7) is 2.56. The first-order valence-electron chi connectivity index (χ1n) is 13.2. The number of nitrogens with zero attached hydrogens (tertiary/aromatic N) is 2. The average Bonchev–Trinajstić information content (AvgIpc) is 3.38. The first kappa shape index (κ1) is 31.4. The summed E-state index contributed by atoms with van der Waals surface area (Å²) in [6, 6.07) is 13.4. The number of ether oxygens (including phenoxy) is 2. The number of sulfone groups is 1. The highest BCUT2D eigenvalue weighted by Crippen LogP contribution is 2.39. The average molecular weight is 643 g/mol. The van der Waals surface area contributed by atoms with Crippen LogP contribution in [0.2, 0.25) is 15.1 Å². The number of piperidine rings is 1. The van der Waals surface area contributed by atoms with Crippen molar-refractivity contribution in [2.75, 3.05) is 19.7 Å². The summed E-state index contributed by atoms with van der Waals surface area (Å²) in [5, 5.41) is 12.8. The van der Waals surface area contributed by atoms with E-state index in [0.29, 0.717) is 10.0 Å². The van der Waals surface area contributed by atoms with Gasteiger partial charge in [-0.2, -0.15) is 5.26 Å². The molecule has 41 heavy (non-hydrogen) atoms. The fourth-order valence-electron chi connectivity index (χ4n) is 5.22. The van der Waals surface area contributed by atoms with E-state index < -0.39 is 44.6 Å². The van der Waals surface area contributed by atoms with Crippen molar-refractivity contribution in [2.24, 2.45) is 5.92 Å². The first-order chi connectivity index (χ1) is 19.5. The number of hydrogen-bond donors (Lipinski definition) is 1. The van der Waals surface area contributed by atoms with Gasteiger partial charge in [0.2, 0.25) is 5.91 Å². The lowest BCUT2D eigenvalue weighted by molar-refractivity contribution is -0.131. The molecule has 1 N–H and O–H groups in total. The second-order valence-corrected chi connectivity index (χ2v) is 13.6. The molecular weight excluding hydrogens is 613 g/mol. The van der Waals surface area contributed by atoms with Crippen molar-refractivity contribution >= 4 is 56.6 Å². The predicted molar refractivity (Wildman–Crippen MR) is 155 cm³/mol. The zero-order chi connectivity index (χ0) is 29.8. The van der Waals surface area contributed by atoms with Crippen molar-refractivity contribution in [1.82, 2.24) is 10.2 Å². The van der Waals surface area contributed by atoms with Crippen LogP contribution in [-0.2, 0) is 30.7 Å². The molecule has 4 rings (SSSR count). The highest BCUT2D eigenvalue weighted by atomic mass is 35.5. The van der Waals surface area contributed by atoms with E-state index in [1.165, 1.54) is 23.1 Å². The zero-order valence-corrected chi connectivity index (χ0v) is 25.4. The topological polar surface area (TPSA) is 126 Å². The SMILES string of the molecule is CCOC(=O)N1CCC(C#N)(NC(=O)[C@H]2C[C@H](S(=O)(=O)c3ccc(Cl)cc3Cl)C[C@H]2OCc2ccc(Cl)cc2)CC1. The minimum absolute atomic E-state index is 0.000766. The van der Waals surface area contributed by atoms with Crippen LogP contribution in [0.5, 0.6) is 0 Å². The molecular formula is C28H30Cl3N3O6S. The fraction of sp³-hybridized carbons (Fsp3) is 0.464. The Balaban J connectivity index is 1.53. The van der Waals surface area contributed by atoms with Crippen LogP contribution in [-0.4, -0.2) is 61.9 Å². The lowest BCUT2D eigenvalue weighted by Crippen LogP contribution is -2.57. The number of hydrogen-bond acceptors (Lipinski definition) is 7. The van der Waals surface area contributed by atoms with E-state index in [1.807, 2.05) is 0 Å². The zero-order valence-electron chi connectivity index (χ0n) is 22.3.